The standard InChI is InChI=1S/C18H20FNO/c1-18(2)10-14-6-4-7-15(17(14)21-18)12-20-11-13-5-3-8-16(19)9-13/h3-9,20H,10-12H2,1-2H3. The zero-order chi connectivity index (χ0) is 14.9. The van der Waals surface area contributed by atoms with Gasteiger partial charge in [0, 0.05) is 25.1 Å². The Morgan fingerprint density at radius 1 is 1.14 bits per heavy atom. The monoisotopic (exact) mass is 285 g/mol. The largest absolute Gasteiger partial charge is 0.487 e. The zero-order valence-corrected chi connectivity index (χ0v) is 12.4. The Morgan fingerprint density at radius 2 is 1.95 bits per heavy atom. The third-order valence-electron chi connectivity index (χ3n) is 3.71. The van der Waals surface area contributed by atoms with E-state index in [9.17, 15) is 4.39 Å². The van der Waals surface area contributed by atoms with E-state index < -0.39 is 0 Å². The summed E-state index contributed by atoms with van der Waals surface area (Å²) < 4.78 is 19.2. The number of para-hydroxylation sites is 1. The van der Waals surface area contributed by atoms with Crippen LogP contribution in [0.4, 0.5) is 4.39 Å². The number of benzene rings is 2. The fraction of sp³-hybridized carbons (Fsp3) is 0.333. The summed E-state index contributed by atoms with van der Waals surface area (Å²) in [6, 6.07) is 13.0. The molecule has 0 bridgehead atoms. The lowest BCUT2D eigenvalue weighted by atomic mass is 10.0. The van der Waals surface area contributed by atoms with E-state index in [0.29, 0.717) is 6.54 Å². The van der Waals surface area contributed by atoms with Crippen molar-refractivity contribution >= 4 is 0 Å². The number of rotatable bonds is 4. The fourth-order valence-corrected chi connectivity index (χ4v) is 2.81. The summed E-state index contributed by atoms with van der Waals surface area (Å²) in [6.07, 6.45) is 0.945. The van der Waals surface area contributed by atoms with Gasteiger partial charge >= 0.3 is 0 Å². The van der Waals surface area contributed by atoms with Crippen molar-refractivity contribution in [3.63, 3.8) is 0 Å². The summed E-state index contributed by atoms with van der Waals surface area (Å²) in [5.74, 6) is 0.814. The average Bonchev–Trinajstić information content (AvgIpc) is 2.74. The lowest BCUT2D eigenvalue weighted by molar-refractivity contribution is 0.137. The lowest BCUT2D eigenvalue weighted by Gasteiger charge is -2.18. The van der Waals surface area contributed by atoms with Crippen molar-refractivity contribution < 1.29 is 9.13 Å². The molecule has 1 heterocycles. The third kappa shape index (κ3) is 3.24. The van der Waals surface area contributed by atoms with Crippen LogP contribution in [0.15, 0.2) is 42.5 Å². The van der Waals surface area contributed by atoms with Crippen LogP contribution in [-0.2, 0) is 19.5 Å². The summed E-state index contributed by atoms with van der Waals surface area (Å²) in [7, 11) is 0. The second kappa shape index (κ2) is 5.49. The Labute approximate surface area is 125 Å². The molecule has 0 aliphatic carbocycles. The number of nitrogens with one attached hydrogen (secondary N) is 1. The molecule has 0 saturated heterocycles. The second-order valence-electron chi connectivity index (χ2n) is 6.18. The van der Waals surface area contributed by atoms with Crippen LogP contribution in [0.3, 0.4) is 0 Å². The highest BCUT2D eigenvalue weighted by atomic mass is 19.1. The molecule has 1 aliphatic heterocycles. The second-order valence-corrected chi connectivity index (χ2v) is 6.18. The van der Waals surface area contributed by atoms with Crippen molar-refractivity contribution in [1.82, 2.24) is 5.32 Å². The molecule has 0 fully saturated rings. The average molecular weight is 285 g/mol. The fourth-order valence-electron chi connectivity index (χ4n) is 2.81. The van der Waals surface area contributed by atoms with Crippen molar-refractivity contribution in [2.45, 2.75) is 39.0 Å². The van der Waals surface area contributed by atoms with Crippen LogP contribution in [0.1, 0.15) is 30.5 Å². The molecule has 0 spiro atoms. The van der Waals surface area contributed by atoms with Gasteiger partial charge in [0.05, 0.1) is 0 Å². The topological polar surface area (TPSA) is 21.3 Å². The number of halogens is 1. The van der Waals surface area contributed by atoms with Gasteiger partial charge in [0.1, 0.15) is 17.2 Å². The van der Waals surface area contributed by atoms with Gasteiger partial charge in [-0.15, -0.1) is 0 Å². The first-order valence-electron chi connectivity index (χ1n) is 7.28. The first-order chi connectivity index (χ1) is 10.0. The van der Waals surface area contributed by atoms with Crippen LogP contribution < -0.4 is 10.1 Å². The van der Waals surface area contributed by atoms with Crippen molar-refractivity contribution in [3.05, 3.63) is 65.0 Å². The van der Waals surface area contributed by atoms with Crippen LogP contribution in [0.2, 0.25) is 0 Å². The van der Waals surface area contributed by atoms with Gasteiger partial charge in [0.15, 0.2) is 0 Å². The minimum Gasteiger partial charge on any atom is -0.487 e. The molecule has 0 radical (unpaired) electrons. The van der Waals surface area contributed by atoms with Crippen LogP contribution in [-0.4, -0.2) is 5.60 Å². The van der Waals surface area contributed by atoms with Gasteiger partial charge in [0.2, 0.25) is 0 Å². The van der Waals surface area contributed by atoms with Gasteiger partial charge in [0.25, 0.3) is 0 Å². The lowest BCUT2D eigenvalue weighted by Crippen LogP contribution is -2.25. The number of fused-ring (bicyclic) bond motifs is 1. The number of hydrogen-bond acceptors (Lipinski definition) is 2. The highest BCUT2D eigenvalue weighted by Gasteiger charge is 2.31. The Morgan fingerprint density at radius 3 is 2.76 bits per heavy atom. The Bertz CT molecular complexity index is 651. The van der Waals surface area contributed by atoms with Crippen LogP contribution >= 0.6 is 0 Å². The minimum atomic E-state index is -0.194. The van der Waals surface area contributed by atoms with Crippen LogP contribution in [0, 0.1) is 5.82 Å². The molecule has 3 heteroatoms. The van der Waals surface area contributed by atoms with Gasteiger partial charge in [-0.2, -0.15) is 0 Å². The molecule has 3 rings (SSSR count). The first-order valence-corrected chi connectivity index (χ1v) is 7.28. The summed E-state index contributed by atoms with van der Waals surface area (Å²) in [6.45, 7) is 5.58. The van der Waals surface area contributed by atoms with Crippen molar-refractivity contribution in [2.24, 2.45) is 0 Å². The summed E-state index contributed by atoms with van der Waals surface area (Å²) in [5.41, 5.74) is 3.25. The van der Waals surface area contributed by atoms with Gasteiger partial charge in [-0.25, -0.2) is 4.39 Å². The molecule has 2 aromatic carbocycles. The molecule has 1 aliphatic rings. The molecule has 2 nitrogen and oxygen atoms in total. The van der Waals surface area contributed by atoms with E-state index >= 15 is 0 Å². The summed E-state index contributed by atoms with van der Waals surface area (Å²) in [4.78, 5) is 0. The SMILES string of the molecule is CC1(C)Cc2cccc(CNCc3cccc(F)c3)c2O1. The molecule has 0 unspecified atom stereocenters. The quantitative estimate of drug-likeness (QED) is 0.922. The maximum absolute atomic E-state index is 13.1. The molecule has 0 amide bonds. The van der Waals surface area contributed by atoms with E-state index in [2.05, 4.69) is 37.4 Å². The zero-order valence-electron chi connectivity index (χ0n) is 12.4. The van der Waals surface area contributed by atoms with Crippen LogP contribution in [0.25, 0.3) is 0 Å². The third-order valence-corrected chi connectivity index (χ3v) is 3.71. The Hall–Kier alpha value is -1.87. The Kier molecular flexibility index (Phi) is 3.68. The van der Waals surface area contributed by atoms with E-state index in [-0.39, 0.29) is 11.4 Å². The van der Waals surface area contributed by atoms with E-state index in [1.165, 1.54) is 11.6 Å². The highest BCUT2D eigenvalue weighted by Crippen LogP contribution is 2.37. The molecule has 0 atom stereocenters. The molecule has 21 heavy (non-hydrogen) atoms. The van der Waals surface area contributed by atoms with E-state index in [1.807, 2.05) is 6.07 Å². The predicted octanol–water partition coefficient (Wildman–Crippen LogP) is 3.83. The van der Waals surface area contributed by atoms with Crippen molar-refractivity contribution in [2.75, 3.05) is 0 Å². The van der Waals surface area contributed by atoms with Crippen LogP contribution in [0.5, 0.6) is 5.75 Å². The van der Waals surface area contributed by atoms with E-state index in [4.69, 9.17) is 4.74 Å². The molecule has 2 aromatic rings. The van der Waals surface area contributed by atoms with Crippen molar-refractivity contribution in [3.8, 4) is 5.75 Å². The maximum Gasteiger partial charge on any atom is 0.127 e. The molecular weight excluding hydrogens is 265 g/mol. The molecule has 110 valence electrons. The van der Waals surface area contributed by atoms with Gasteiger partial charge in [-0.3, -0.25) is 0 Å². The van der Waals surface area contributed by atoms with Gasteiger partial charge in [-0.1, -0.05) is 30.3 Å². The molecule has 0 saturated carbocycles. The highest BCUT2D eigenvalue weighted by molar-refractivity contribution is 5.45. The molecular formula is C18H20FNO. The molecule has 0 aromatic heterocycles. The minimum absolute atomic E-state index is 0.124. The predicted molar refractivity (Wildman–Crippen MR) is 81.8 cm³/mol. The number of ether oxygens (including phenoxy) is 1. The smallest absolute Gasteiger partial charge is 0.127 e. The Balaban J connectivity index is 1.66. The molecule has 1 N–H and O–H groups in total. The van der Waals surface area contributed by atoms with E-state index in [1.54, 1.807) is 12.1 Å². The van der Waals surface area contributed by atoms with Gasteiger partial charge in [-0.05, 0) is 37.1 Å². The maximum atomic E-state index is 13.1. The van der Waals surface area contributed by atoms with Gasteiger partial charge < -0.3 is 10.1 Å². The summed E-state index contributed by atoms with van der Waals surface area (Å²) >= 11 is 0. The van der Waals surface area contributed by atoms with E-state index in [0.717, 1.165) is 29.8 Å². The first kappa shape index (κ1) is 14.1. The normalized spacial score (nSPS) is 15.6. The summed E-state index contributed by atoms with van der Waals surface area (Å²) in [5, 5.41) is 3.36. The number of hydrogen-bond donors (Lipinski definition) is 1. The van der Waals surface area contributed by atoms with Crippen molar-refractivity contribution in [1.29, 1.82) is 0 Å².